The lowest BCUT2D eigenvalue weighted by atomic mass is 10.2. The molecule has 1 amide bonds. The fourth-order valence-electron chi connectivity index (χ4n) is 2.64. The number of nitrogens with zero attached hydrogens (tertiary/aromatic N) is 2. The first kappa shape index (κ1) is 17.5. The van der Waals surface area contributed by atoms with Gasteiger partial charge in [-0.25, -0.2) is 0 Å². The number of rotatable bonds is 6. The Labute approximate surface area is 154 Å². The van der Waals surface area contributed by atoms with Crippen molar-refractivity contribution in [2.24, 2.45) is 0 Å². The molecule has 0 spiro atoms. The standard InChI is InChI=1S/C16H19ClN4OS2/c1-10-12(17)7-4-8-13(10)19-15-20-21-16(24-15)23-9-14(22)18-11-5-2-3-6-11/h4,7-8,11H,2-3,5-6,9H2,1H3,(H,18,22)(H,19,20). The highest BCUT2D eigenvalue weighted by atomic mass is 35.5. The van der Waals surface area contributed by atoms with Gasteiger partial charge in [-0.05, 0) is 37.5 Å². The summed E-state index contributed by atoms with van der Waals surface area (Å²) in [6, 6.07) is 6.05. The summed E-state index contributed by atoms with van der Waals surface area (Å²) in [6.45, 7) is 1.95. The number of nitrogens with one attached hydrogen (secondary N) is 2. The number of aromatic nitrogens is 2. The van der Waals surface area contributed by atoms with Crippen molar-refractivity contribution in [2.45, 2.75) is 43.0 Å². The molecule has 0 unspecified atom stereocenters. The smallest absolute Gasteiger partial charge is 0.230 e. The molecule has 2 aromatic rings. The maximum atomic E-state index is 11.9. The van der Waals surface area contributed by atoms with Crippen LogP contribution in [0.2, 0.25) is 5.02 Å². The van der Waals surface area contributed by atoms with E-state index in [0.717, 1.165) is 28.4 Å². The van der Waals surface area contributed by atoms with Gasteiger partial charge in [-0.3, -0.25) is 4.79 Å². The van der Waals surface area contributed by atoms with E-state index in [1.165, 1.54) is 35.9 Å². The average Bonchev–Trinajstić information content (AvgIpc) is 3.22. The van der Waals surface area contributed by atoms with Crippen molar-refractivity contribution in [1.82, 2.24) is 15.5 Å². The minimum absolute atomic E-state index is 0.0716. The Morgan fingerprint density at radius 3 is 2.96 bits per heavy atom. The highest BCUT2D eigenvalue weighted by Gasteiger charge is 2.17. The summed E-state index contributed by atoms with van der Waals surface area (Å²) in [4.78, 5) is 11.9. The molecule has 5 nitrogen and oxygen atoms in total. The number of halogens is 1. The van der Waals surface area contributed by atoms with Crippen LogP contribution >= 0.6 is 34.7 Å². The Hall–Kier alpha value is -1.31. The third-order valence-corrected chi connectivity index (χ3v) is 6.34. The number of anilines is 2. The molecule has 0 bridgehead atoms. The highest BCUT2D eigenvalue weighted by Crippen LogP contribution is 2.30. The maximum absolute atomic E-state index is 11.9. The second kappa shape index (κ2) is 8.18. The van der Waals surface area contributed by atoms with Gasteiger partial charge in [-0.1, -0.05) is 53.6 Å². The SMILES string of the molecule is Cc1c(Cl)cccc1Nc1nnc(SCC(=O)NC2CCCC2)s1. The van der Waals surface area contributed by atoms with Crippen LogP contribution in [0, 0.1) is 6.92 Å². The molecule has 0 radical (unpaired) electrons. The molecule has 8 heteroatoms. The van der Waals surface area contributed by atoms with Gasteiger partial charge >= 0.3 is 0 Å². The Balaban J connectivity index is 1.51. The van der Waals surface area contributed by atoms with E-state index in [1.807, 2.05) is 25.1 Å². The number of benzene rings is 1. The van der Waals surface area contributed by atoms with E-state index in [2.05, 4.69) is 20.8 Å². The van der Waals surface area contributed by atoms with Crippen molar-refractivity contribution in [3.8, 4) is 0 Å². The van der Waals surface area contributed by atoms with Gasteiger partial charge in [0, 0.05) is 16.8 Å². The van der Waals surface area contributed by atoms with Gasteiger partial charge in [0.05, 0.1) is 5.75 Å². The molecule has 128 valence electrons. The van der Waals surface area contributed by atoms with Crippen molar-refractivity contribution in [2.75, 3.05) is 11.1 Å². The molecular formula is C16H19ClN4OS2. The number of amides is 1. The molecule has 0 saturated heterocycles. The first-order valence-corrected chi connectivity index (χ1v) is 10.1. The van der Waals surface area contributed by atoms with Crippen molar-refractivity contribution < 1.29 is 4.79 Å². The van der Waals surface area contributed by atoms with Crippen molar-refractivity contribution >= 4 is 51.4 Å². The van der Waals surface area contributed by atoms with Gasteiger partial charge in [0.15, 0.2) is 4.34 Å². The topological polar surface area (TPSA) is 66.9 Å². The number of thioether (sulfide) groups is 1. The van der Waals surface area contributed by atoms with Crippen LogP contribution in [0.15, 0.2) is 22.5 Å². The van der Waals surface area contributed by atoms with Crippen molar-refractivity contribution in [1.29, 1.82) is 0 Å². The zero-order valence-electron chi connectivity index (χ0n) is 13.3. The predicted octanol–water partition coefficient (Wildman–Crippen LogP) is 4.39. The molecule has 24 heavy (non-hydrogen) atoms. The lowest BCUT2D eigenvalue weighted by molar-refractivity contribution is -0.119. The second-order valence-electron chi connectivity index (χ2n) is 5.75. The van der Waals surface area contributed by atoms with Gasteiger partial charge in [-0.2, -0.15) is 0 Å². The van der Waals surface area contributed by atoms with Crippen LogP contribution in [0.1, 0.15) is 31.2 Å². The van der Waals surface area contributed by atoms with Gasteiger partial charge in [0.25, 0.3) is 0 Å². The van der Waals surface area contributed by atoms with Gasteiger partial charge in [-0.15, -0.1) is 10.2 Å². The van der Waals surface area contributed by atoms with Crippen LogP contribution in [-0.2, 0) is 4.79 Å². The van der Waals surface area contributed by atoms with Crippen LogP contribution in [0.3, 0.4) is 0 Å². The lowest BCUT2D eigenvalue weighted by Crippen LogP contribution is -2.33. The van der Waals surface area contributed by atoms with E-state index in [9.17, 15) is 4.79 Å². The zero-order valence-corrected chi connectivity index (χ0v) is 15.7. The van der Waals surface area contributed by atoms with E-state index >= 15 is 0 Å². The molecular weight excluding hydrogens is 364 g/mol. The predicted molar refractivity (Wildman–Crippen MR) is 101 cm³/mol. The Bertz CT molecular complexity index is 716. The number of hydrogen-bond donors (Lipinski definition) is 2. The second-order valence-corrected chi connectivity index (χ2v) is 8.36. The molecule has 1 aromatic carbocycles. The zero-order chi connectivity index (χ0) is 16.9. The normalized spacial score (nSPS) is 14.8. The Morgan fingerprint density at radius 1 is 1.38 bits per heavy atom. The van der Waals surface area contributed by atoms with Crippen LogP contribution < -0.4 is 10.6 Å². The summed E-state index contributed by atoms with van der Waals surface area (Å²) >= 11 is 8.97. The average molecular weight is 383 g/mol. The first-order valence-electron chi connectivity index (χ1n) is 7.89. The Kier molecular flexibility index (Phi) is 5.97. The van der Waals surface area contributed by atoms with Crippen LogP contribution in [-0.4, -0.2) is 27.9 Å². The molecule has 1 heterocycles. The lowest BCUT2D eigenvalue weighted by Gasteiger charge is -2.10. The number of carbonyl (C=O) groups excluding carboxylic acids is 1. The summed E-state index contributed by atoms with van der Waals surface area (Å²) in [6.07, 6.45) is 4.63. The van der Waals surface area contributed by atoms with Crippen LogP contribution in [0.5, 0.6) is 0 Å². The van der Waals surface area contributed by atoms with Crippen molar-refractivity contribution in [3.63, 3.8) is 0 Å². The monoisotopic (exact) mass is 382 g/mol. The molecule has 1 aliphatic rings. The minimum Gasteiger partial charge on any atom is -0.353 e. The Morgan fingerprint density at radius 2 is 2.17 bits per heavy atom. The molecule has 1 aliphatic carbocycles. The summed E-state index contributed by atoms with van der Waals surface area (Å²) in [7, 11) is 0. The molecule has 3 rings (SSSR count). The molecule has 1 aromatic heterocycles. The highest BCUT2D eigenvalue weighted by molar-refractivity contribution is 8.01. The molecule has 0 atom stereocenters. The third kappa shape index (κ3) is 4.62. The minimum atomic E-state index is 0.0716. The van der Waals surface area contributed by atoms with Gasteiger partial charge in [0.2, 0.25) is 11.0 Å². The number of carbonyl (C=O) groups is 1. The van der Waals surface area contributed by atoms with Crippen LogP contribution in [0.25, 0.3) is 0 Å². The molecule has 0 aliphatic heterocycles. The van der Waals surface area contributed by atoms with Crippen LogP contribution in [0.4, 0.5) is 10.8 Å². The largest absolute Gasteiger partial charge is 0.353 e. The maximum Gasteiger partial charge on any atom is 0.230 e. The van der Waals surface area contributed by atoms with E-state index in [1.54, 1.807) is 0 Å². The summed E-state index contributed by atoms with van der Waals surface area (Å²) in [5, 5.41) is 16.0. The fourth-order valence-corrected chi connectivity index (χ4v) is 4.39. The summed E-state index contributed by atoms with van der Waals surface area (Å²) in [5.74, 6) is 0.448. The summed E-state index contributed by atoms with van der Waals surface area (Å²) < 4.78 is 0.777. The van der Waals surface area contributed by atoms with Gasteiger partial charge < -0.3 is 10.6 Å². The van der Waals surface area contributed by atoms with Crippen molar-refractivity contribution in [3.05, 3.63) is 28.8 Å². The quantitative estimate of drug-likeness (QED) is 0.725. The third-order valence-electron chi connectivity index (χ3n) is 3.96. The fraction of sp³-hybridized carbons (Fsp3) is 0.438. The first-order chi connectivity index (χ1) is 11.6. The van der Waals surface area contributed by atoms with E-state index in [0.29, 0.717) is 21.9 Å². The van der Waals surface area contributed by atoms with E-state index < -0.39 is 0 Å². The molecule has 1 fully saturated rings. The van der Waals surface area contributed by atoms with Gasteiger partial charge in [0.1, 0.15) is 0 Å². The van der Waals surface area contributed by atoms with E-state index in [4.69, 9.17) is 11.6 Å². The summed E-state index contributed by atoms with van der Waals surface area (Å²) in [5.41, 5.74) is 1.88. The molecule has 2 N–H and O–H groups in total. The van der Waals surface area contributed by atoms with E-state index in [-0.39, 0.29) is 5.91 Å². The molecule has 1 saturated carbocycles. The number of hydrogen-bond acceptors (Lipinski definition) is 6.